The third kappa shape index (κ3) is 3.40. The number of aromatic nitrogens is 2. The first-order chi connectivity index (χ1) is 12.2. The monoisotopic (exact) mass is 337 g/mol. The zero-order valence-corrected chi connectivity index (χ0v) is 13.9. The second-order valence-corrected chi connectivity index (χ2v) is 6.73. The Kier molecular flexibility index (Phi) is 4.22. The third-order valence-electron chi connectivity index (χ3n) is 4.88. The van der Waals surface area contributed by atoms with Gasteiger partial charge in [0.25, 0.3) is 5.91 Å². The van der Waals surface area contributed by atoms with Crippen LogP contribution < -0.4 is 0 Å². The van der Waals surface area contributed by atoms with E-state index in [1.807, 2.05) is 23.4 Å². The predicted octanol–water partition coefficient (Wildman–Crippen LogP) is 3.80. The van der Waals surface area contributed by atoms with Crippen LogP contribution in [0.5, 0.6) is 0 Å². The lowest BCUT2D eigenvalue weighted by Gasteiger charge is -2.33. The van der Waals surface area contributed by atoms with Crippen molar-refractivity contribution in [2.75, 3.05) is 13.1 Å². The van der Waals surface area contributed by atoms with Gasteiger partial charge in [0.1, 0.15) is 11.5 Å². The normalized spacial score (nSPS) is 17.8. The van der Waals surface area contributed by atoms with Crippen molar-refractivity contribution in [3.8, 4) is 0 Å². The maximum absolute atomic E-state index is 13.1. The molecule has 1 aliphatic rings. The van der Waals surface area contributed by atoms with E-state index in [1.165, 1.54) is 17.7 Å². The Bertz CT molecular complexity index is 887. The summed E-state index contributed by atoms with van der Waals surface area (Å²) in [5, 5.41) is 1.12. The Balaban J connectivity index is 1.45. The molecule has 1 saturated heterocycles. The number of nitrogens with zero attached hydrogens (tertiary/aromatic N) is 2. The highest BCUT2D eigenvalue weighted by Gasteiger charge is 2.24. The number of amides is 1. The number of likely N-dealkylation sites (tertiary alicyclic amines) is 1. The lowest BCUT2D eigenvalue weighted by molar-refractivity contribution is 0.0673. The highest BCUT2D eigenvalue weighted by molar-refractivity contribution is 5.94. The van der Waals surface area contributed by atoms with E-state index in [4.69, 9.17) is 0 Å². The molecule has 1 N–H and O–H groups in total. The molecule has 0 spiro atoms. The maximum atomic E-state index is 13.1. The van der Waals surface area contributed by atoms with E-state index >= 15 is 0 Å². The van der Waals surface area contributed by atoms with Crippen molar-refractivity contribution in [2.45, 2.75) is 19.3 Å². The van der Waals surface area contributed by atoms with Crippen molar-refractivity contribution < 1.29 is 9.18 Å². The molecule has 0 saturated carbocycles. The van der Waals surface area contributed by atoms with Crippen LogP contribution in [0.25, 0.3) is 11.0 Å². The van der Waals surface area contributed by atoms with Crippen molar-refractivity contribution >= 4 is 16.9 Å². The summed E-state index contributed by atoms with van der Waals surface area (Å²) in [6, 6.07) is 9.99. The van der Waals surface area contributed by atoms with Crippen LogP contribution in [-0.2, 0) is 6.42 Å². The molecule has 0 bridgehead atoms. The minimum Gasteiger partial charge on any atom is -0.346 e. The van der Waals surface area contributed by atoms with Crippen LogP contribution in [0.1, 0.15) is 28.8 Å². The van der Waals surface area contributed by atoms with E-state index in [-0.39, 0.29) is 11.7 Å². The number of aromatic amines is 1. The molecule has 1 atom stereocenters. The Hall–Kier alpha value is -2.69. The van der Waals surface area contributed by atoms with Crippen molar-refractivity contribution in [1.29, 1.82) is 0 Å². The van der Waals surface area contributed by atoms with Crippen molar-refractivity contribution in [2.24, 2.45) is 5.92 Å². The first-order valence-corrected chi connectivity index (χ1v) is 8.66. The van der Waals surface area contributed by atoms with E-state index < -0.39 is 0 Å². The Morgan fingerprint density at radius 1 is 1.28 bits per heavy atom. The average molecular weight is 337 g/mol. The molecule has 1 amide bonds. The summed E-state index contributed by atoms with van der Waals surface area (Å²) < 4.78 is 13.1. The van der Waals surface area contributed by atoms with Crippen LogP contribution in [-0.4, -0.2) is 33.9 Å². The first-order valence-electron chi connectivity index (χ1n) is 8.66. The van der Waals surface area contributed by atoms with Crippen LogP contribution in [0.4, 0.5) is 4.39 Å². The van der Waals surface area contributed by atoms with E-state index in [1.54, 1.807) is 12.1 Å². The number of fused-ring (bicyclic) bond motifs is 1. The smallest absolute Gasteiger partial charge is 0.253 e. The van der Waals surface area contributed by atoms with Crippen molar-refractivity contribution in [3.05, 3.63) is 65.7 Å². The zero-order valence-electron chi connectivity index (χ0n) is 13.9. The van der Waals surface area contributed by atoms with Gasteiger partial charge >= 0.3 is 0 Å². The Morgan fingerprint density at radius 2 is 2.12 bits per heavy atom. The molecule has 1 unspecified atom stereocenters. The summed E-state index contributed by atoms with van der Waals surface area (Å²) in [5.74, 6) is 0.0981. The fourth-order valence-corrected chi connectivity index (χ4v) is 3.62. The van der Waals surface area contributed by atoms with Crippen LogP contribution in [0.2, 0.25) is 0 Å². The van der Waals surface area contributed by atoms with Crippen LogP contribution >= 0.6 is 0 Å². The summed E-state index contributed by atoms with van der Waals surface area (Å²) >= 11 is 0. The maximum Gasteiger partial charge on any atom is 0.253 e. The molecular formula is C20H20FN3O. The van der Waals surface area contributed by atoms with E-state index in [0.717, 1.165) is 43.4 Å². The third-order valence-corrected chi connectivity index (χ3v) is 4.88. The van der Waals surface area contributed by atoms with Gasteiger partial charge < -0.3 is 9.88 Å². The predicted molar refractivity (Wildman–Crippen MR) is 94.8 cm³/mol. The van der Waals surface area contributed by atoms with Crippen LogP contribution in [0.15, 0.2) is 48.8 Å². The van der Waals surface area contributed by atoms with Gasteiger partial charge in [-0.1, -0.05) is 0 Å². The summed E-state index contributed by atoms with van der Waals surface area (Å²) in [6.07, 6.45) is 6.84. The second-order valence-electron chi connectivity index (χ2n) is 6.73. The number of carbonyl (C=O) groups excluding carboxylic acids is 1. The van der Waals surface area contributed by atoms with Gasteiger partial charge in [-0.15, -0.1) is 0 Å². The Labute approximate surface area is 145 Å². The second kappa shape index (κ2) is 6.67. The fourth-order valence-electron chi connectivity index (χ4n) is 3.62. The summed E-state index contributed by atoms with van der Waals surface area (Å²) in [5.41, 5.74) is 2.66. The number of nitrogens with one attached hydrogen (secondary N) is 1. The number of hydrogen-bond acceptors (Lipinski definition) is 2. The molecule has 1 fully saturated rings. The topological polar surface area (TPSA) is 49.0 Å². The molecule has 1 aliphatic heterocycles. The molecular weight excluding hydrogens is 317 g/mol. The van der Waals surface area contributed by atoms with Crippen LogP contribution in [0, 0.1) is 11.7 Å². The highest BCUT2D eigenvalue weighted by Crippen LogP contribution is 2.23. The SMILES string of the molecule is O=C(c1ccc(F)cc1)N1CCCC(Cc2cnc3[nH]ccc3c2)C1. The van der Waals surface area contributed by atoms with Crippen LogP contribution in [0.3, 0.4) is 0 Å². The molecule has 2 aromatic heterocycles. The quantitative estimate of drug-likeness (QED) is 0.790. The molecule has 5 heteroatoms. The molecule has 4 rings (SSSR count). The molecule has 4 nitrogen and oxygen atoms in total. The van der Waals surface area contributed by atoms with Gasteiger partial charge in [0.15, 0.2) is 0 Å². The minimum absolute atomic E-state index is 0.0103. The highest BCUT2D eigenvalue weighted by atomic mass is 19.1. The zero-order chi connectivity index (χ0) is 17.2. The number of pyridine rings is 1. The van der Waals surface area contributed by atoms with E-state index in [9.17, 15) is 9.18 Å². The molecule has 0 aliphatic carbocycles. The van der Waals surface area contributed by atoms with Gasteiger partial charge in [0.05, 0.1) is 0 Å². The molecule has 3 aromatic rings. The summed E-state index contributed by atoms with van der Waals surface area (Å²) in [7, 11) is 0. The van der Waals surface area contributed by atoms with Gasteiger partial charge in [0, 0.05) is 36.4 Å². The summed E-state index contributed by atoms with van der Waals surface area (Å²) in [6.45, 7) is 1.50. The standard InChI is InChI=1S/C20H20FN3O/c21-18-5-3-16(4-6-18)20(25)24-9-1-2-14(13-24)10-15-11-17-7-8-22-19(17)23-12-15/h3-8,11-12,14H,1-2,9-10,13H2,(H,22,23). The summed E-state index contributed by atoms with van der Waals surface area (Å²) in [4.78, 5) is 22.1. The van der Waals surface area contributed by atoms with Gasteiger partial charge in [-0.2, -0.15) is 0 Å². The number of hydrogen-bond donors (Lipinski definition) is 1. The van der Waals surface area contributed by atoms with Crippen molar-refractivity contribution in [3.63, 3.8) is 0 Å². The van der Waals surface area contributed by atoms with Gasteiger partial charge in [-0.3, -0.25) is 4.79 Å². The fraction of sp³-hybridized carbons (Fsp3) is 0.300. The molecule has 128 valence electrons. The molecule has 25 heavy (non-hydrogen) atoms. The largest absolute Gasteiger partial charge is 0.346 e. The molecule has 3 heterocycles. The van der Waals surface area contributed by atoms with Gasteiger partial charge in [-0.25, -0.2) is 9.37 Å². The molecule has 0 radical (unpaired) electrons. The first kappa shape index (κ1) is 15.8. The van der Waals surface area contributed by atoms with Crippen molar-refractivity contribution in [1.82, 2.24) is 14.9 Å². The number of carbonyl (C=O) groups is 1. The lowest BCUT2D eigenvalue weighted by Crippen LogP contribution is -2.40. The Morgan fingerprint density at radius 3 is 2.96 bits per heavy atom. The number of rotatable bonds is 3. The number of benzene rings is 1. The molecule has 1 aromatic carbocycles. The average Bonchev–Trinajstić information content (AvgIpc) is 3.10. The number of halogens is 1. The van der Waals surface area contributed by atoms with Gasteiger partial charge in [-0.05, 0) is 67.1 Å². The van der Waals surface area contributed by atoms with E-state index in [2.05, 4.69) is 16.0 Å². The van der Waals surface area contributed by atoms with Gasteiger partial charge in [0.2, 0.25) is 0 Å². The van der Waals surface area contributed by atoms with E-state index in [0.29, 0.717) is 11.5 Å². The minimum atomic E-state index is -0.319. The number of H-pyrrole nitrogens is 1. The lowest BCUT2D eigenvalue weighted by atomic mass is 9.91. The number of piperidine rings is 1.